The van der Waals surface area contributed by atoms with Crippen molar-refractivity contribution in [3.8, 4) is 0 Å². The van der Waals surface area contributed by atoms with E-state index in [9.17, 15) is 9.90 Å². The molecule has 0 aliphatic carbocycles. The highest BCUT2D eigenvalue weighted by molar-refractivity contribution is 5.65. The van der Waals surface area contributed by atoms with Crippen LogP contribution in [0.15, 0.2) is 0 Å². The summed E-state index contributed by atoms with van der Waals surface area (Å²) in [6, 6.07) is -0.620. The third kappa shape index (κ3) is 2.30. The average Bonchev–Trinajstić information content (AvgIpc) is 2.32. The molecule has 76 valence electrons. The lowest BCUT2D eigenvalue weighted by molar-refractivity contribution is -0.0464. The Morgan fingerprint density at radius 1 is 1.85 bits per heavy atom. The Balaban J connectivity index is 2.56. The maximum Gasteiger partial charge on any atom is 0.405 e. The van der Waals surface area contributed by atoms with E-state index in [1.54, 1.807) is 0 Å². The lowest BCUT2D eigenvalue weighted by Crippen LogP contribution is -2.54. The Morgan fingerprint density at radius 2 is 2.54 bits per heavy atom. The molecule has 3 N–H and O–H groups in total. The number of ether oxygens (including phenoxy) is 2. The number of hydrogen-bond acceptors (Lipinski definition) is 4. The zero-order chi connectivity index (χ0) is 9.90. The van der Waals surface area contributed by atoms with Crippen LogP contribution >= 0.6 is 0 Å². The van der Waals surface area contributed by atoms with Crippen molar-refractivity contribution in [1.29, 1.82) is 0 Å². The Hall–Kier alpha value is -0.850. The molecule has 1 amide bonds. The van der Waals surface area contributed by atoms with Gasteiger partial charge in [-0.1, -0.05) is 0 Å². The fraction of sp³-hybridized carbons (Fsp3) is 0.857. The Kier molecular flexibility index (Phi) is 3.07. The quantitative estimate of drug-likeness (QED) is 0.534. The van der Waals surface area contributed by atoms with Crippen LogP contribution in [0.4, 0.5) is 4.79 Å². The summed E-state index contributed by atoms with van der Waals surface area (Å²) in [5.74, 6) is 0. The maximum absolute atomic E-state index is 10.3. The van der Waals surface area contributed by atoms with Gasteiger partial charge in [-0.15, -0.1) is 0 Å². The molecule has 13 heavy (non-hydrogen) atoms. The van der Waals surface area contributed by atoms with Crippen molar-refractivity contribution in [2.45, 2.75) is 11.6 Å². The molecule has 1 heterocycles. The number of rotatable bonds is 3. The van der Waals surface area contributed by atoms with Gasteiger partial charge in [0.25, 0.3) is 0 Å². The van der Waals surface area contributed by atoms with Gasteiger partial charge >= 0.3 is 6.09 Å². The third-order valence-electron chi connectivity index (χ3n) is 1.98. The predicted molar refractivity (Wildman–Crippen MR) is 42.6 cm³/mol. The van der Waals surface area contributed by atoms with E-state index in [2.05, 4.69) is 5.32 Å². The molecule has 0 aromatic rings. The molecule has 1 rings (SSSR count). The first-order valence-corrected chi connectivity index (χ1v) is 3.87. The molecular formula is C7H13NO5. The van der Waals surface area contributed by atoms with Crippen molar-refractivity contribution in [3.05, 3.63) is 0 Å². The monoisotopic (exact) mass is 191 g/mol. The second-order valence-corrected chi connectivity index (χ2v) is 3.05. The molecule has 2 atom stereocenters. The lowest BCUT2D eigenvalue weighted by Gasteiger charge is -2.26. The van der Waals surface area contributed by atoms with Crippen LogP contribution in [0.3, 0.4) is 0 Å². The highest BCUT2D eigenvalue weighted by Gasteiger charge is 2.43. The minimum absolute atomic E-state index is 0.0535. The number of nitrogens with one attached hydrogen (secondary N) is 1. The summed E-state index contributed by atoms with van der Waals surface area (Å²) in [5, 5.41) is 20.5. The van der Waals surface area contributed by atoms with Crippen LogP contribution < -0.4 is 5.32 Å². The van der Waals surface area contributed by atoms with Crippen LogP contribution in [0.5, 0.6) is 0 Å². The van der Waals surface area contributed by atoms with E-state index in [0.29, 0.717) is 0 Å². The van der Waals surface area contributed by atoms with E-state index in [-0.39, 0.29) is 19.8 Å². The summed E-state index contributed by atoms with van der Waals surface area (Å²) in [6.45, 7) is 0.315. The molecule has 0 radical (unpaired) electrons. The van der Waals surface area contributed by atoms with Crippen molar-refractivity contribution in [2.75, 3.05) is 26.9 Å². The van der Waals surface area contributed by atoms with Gasteiger partial charge in [-0.25, -0.2) is 4.79 Å². The van der Waals surface area contributed by atoms with E-state index in [1.165, 1.54) is 7.11 Å². The van der Waals surface area contributed by atoms with Crippen molar-refractivity contribution in [3.63, 3.8) is 0 Å². The second kappa shape index (κ2) is 3.91. The number of hydrogen-bond donors (Lipinski definition) is 3. The van der Waals surface area contributed by atoms with Crippen LogP contribution in [0.1, 0.15) is 0 Å². The SMILES string of the molecule is COC[C@@]1(O)COC[C@H]1NC(=O)O. The number of methoxy groups -OCH3 is 1. The summed E-state index contributed by atoms with van der Waals surface area (Å²) in [7, 11) is 1.44. The molecule has 0 saturated carbocycles. The van der Waals surface area contributed by atoms with Gasteiger partial charge in [0.1, 0.15) is 5.60 Å². The van der Waals surface area contributed by atoms with E-state index >= 15 is 0 Å². The first-order chi connectivity index (χ1) is 6.08. The molecule has 0 aromatic heterocycles. The normalized spacial score (nSPS) is 33.2. The molecule has 1 aliphatic heterocycles. The summed E-state index contributed by atoms with van der Waals surface area (Å²) >= 11 is 0. The Morgan fingerprint density at radius 3 is 3.08 bits per heavy atom. The first kappa shape index (κ1) is 10.2. The molecule has 6 nitrogen and oxygen atoms in total. The van der Waals surface area contributed by atoms with Gasteiger partial charge in [0.05, 0.1) is 25.9 Å². The Labute approximate surface area is 75.5 Å². The van der Waals surface area contributed by atoms with Crippen LogP contribution in [-0.2, 0) is 9.47 Å². The molecule has 1 aliphatic rings. The van der Waals surface area contributed by atoms with E-state index in [4.69, 9.17) is 14.6 Å². The van der Waals surface area contributed by atoms with Gasteiger partial charge < -0.3 is 25.0 Å². The van der Waals surface area contributed by atoms with Crippen LogP contribution in [0, 0.1) is 0 Å². The standard InChI is InChI=1S/C7H13NO5/c1-12-3-7(11)4-13-2-5(7)8-6(9)10/h5,8,11H,2-4H2,1H3,(H,9,10)/t5-,7-/m1/s1. The first-order valence-electron chi connectivity index (χ1n) is 3.87. The molecule has 1 fully saturated rings. The summed E-state index contributed by atoms with van der Waals surface area (Å²) in [6.07, 6.45) is -1.18. The highest BCUT2D eigenvalue weighted by Crippen LogP contribution is 2.19. The molecule has 0 unspecified atom stereocenters. The molecular weight excluding hydrogens is 178 g/mol. The van der Waals surface area contributed by atoms with Crippen molar-refractivity contribution in [2.24, 2.45) is 0 Å². The smallest absolute Gasteiger partial charge is 0.405 e. The number of carbonyl (C=O) groups is 1. The Bertz CT molecular complexity index is 197. The average molecular weight is 191 g/mol. The van der Waals surface area contributed by atoms with Gasteiger partial charge in [0.15, 0.2) is 0 Å². The fourth-order valence-corrected chi connectivity index (χ4v) is 1.33. The molecule has 6 heteroatoms. The highest BCUT2D eigenvalue weighted by atomic mass is 16.5. The third-order valence-corrected chi connectivity index (χ3v) is 1.98. The minimum Gasteiger partial charge on any atom is -0.465 e. The van der Waals surface area contributed by atoms with Gasteiger partial charge in [0.2, 0.25) is 0 Å². The van der Waals surface area contributed by atoms with Gasteiger partial charge in [-0.3, -0.25) is 0 Å². The fourth-order valence-electron chi connectivity index (χ4n) is 1.33. The maximum atomic E-state index is 10.3. The zero-order valence-corrected chi connectivity index (χ0v) is 7.32. The molecule has 0 bridgehead atoms. The molecule has 1 saturated heterocycles. The van der Waals surface area contributed by atoms with Gasteiger partial charge in [-0.05, 0) is 0 Å². The summed E-state index contributed by atoms with van der Waals surface area (Å²) < 4.78 is 9.75. The summed E-state index contributed by atoms with van der Waals surface area (Å²) in [5.41, 5.74) is -1.24. The van der Waals surface area contributed by atoms with E-state index in [1.807, 2.05) is 0 Å². The topological polar surface area (TPSA) is 88.0 Å². The molecule has 0 aromatic carbocycles. The van der Waals surface area contributed by atoms with Gasteiger partial charge in [0, 0.05) is 7.11 Å². The number of carboxylic acid groups (broad SMARTS) is 1. The zero-order valence-electron chi connectivity index (χ0n) is 7.32. The summed E-state index contributed by atoms with van der Waals surface area (Å²) in [4.78, 5) is 10.3. The van der Waals surface area contributed by atoms with Crippen LogP contribution in [0.25, 0.3) is 0 Å². The predicted octanol–water partition coefficient (Wildman–Crippen LogP) is -0.970. The van der Waals surface area contributed by atoms with Crippen molar-refractivity contribution >= 4 is 6.09 Å². The largest absolute Gasteiger partial charge is 0.465 e. The van der Waals surface area contributed by atoms with Crippen LogP contribution in [-0.4, -0.2) is 54.9 Å². The van der Waals surface area contributed by atoms with Crippen molar-refractivity contribution in [1.82, 2.24) is 5.32 Å². The minimum atomic E-state index is -1.24. The number of aliphatic hydroxyl groups is 1. The van der Waals surface area contributed by atoms with E-state index < -0.39 is 17.7 Å². The van der Waals surface area contributed by atoms with Crippen molar-refractivity contribution < 1.29 is 24.5 Å². The second-order valence-electron chi connectivity index (χ2n) is 3.05. The van der Waals surface area contributed by atoms with Gasteiger partial charge in [-0.2, -0.15) is 0 Å². The number of amides is 1. The lowest BCUT2D eigenvalue weighted by atomic mass is 9.99. The van der Waals surface area contributed by atoms with Crippen LogP contribution in [0.2, 0.25) is 0 Å². The molecule has 0 spiro atoms. The van der Waals surface area contributed by atoms with E-state index in [0.717, 1.165) is 0 Å².